The van der Waals surface area contributed by atoms with E-state index in [0.29, 0.717) is 11.4 Å². The van der Waals surface area contributed by atoms with Crippen LogP contribution in [0.4, 0.5) is 11.4 Å². The quantitative estimate of drug-likeness (QED) is 0.586. The smallest absolute Gasteiger partial charge is 0.296 e. The number of ether oxygens (including phenoxy) is 1. The van der Waals surface area contributed by atoms with Crippen LogP contribution in [0.1, 0.15) is 13.3 Å². The molecule has 0 aliphatic heterocycles. The summed E-state index contributed by atoms with van der Waals surface area (Å²) in [6, 6.07) is 4.18. The number of hydrogen-bond acceptors (Lipinski definition) is 5. The van der Waals surface area contributed by atoms with Gasteiger partial charge in [0, 0.05) is 12.5 Å². The number of carbonyl (C=O) groups is 1. The molecule has 18 heavy (non-hydrogen) atoms. The van der Waals surface area contributed by atoms with E-state index in [9.17, 15) is 14.9 Å². The topological polar surface area (TPSA) is 107 Å². The Morgan fingerprint density at radius 2 is 2.28 bits per heavy atom. The zero-order chi connectivity index (χ0) is 13.7. The van der Waals surface area contributed by atoms with Crippen LogP contribution in [0.25, 0.3) is 0 Å². The Hall–Kier alpha value is -2.31. The van der Waals surface area contributed by atoms with Crippen LogP contribution in [0, 0.1) is 10.1 Å². The summed E-state index contributed by atoms with van der Waals surface area (Å²) < 4.78 is 4.92. The zero-order valence-electron chi connectivity index (χ0n) is 10.2. The van der Waals surface area contributed by atoms with Crippen molar-refractivity contribution in [3.8, 4) is 5.75 Å². The first-order valence-electron chi connectivity index (χ1n) is 5.31. The Balaban J connectivity index is 2.94. The molecule has 0 radical (unpaired) electrons. The number of anilines is 1. The summed E-state index contributed by atoms with van der Waals surface area (Å²) in [5, 5.41) is 13.8. The van der Waals surface area contributed by atoms with E-state index < -0.39 is 10.8 Å². The molecule has 0 aromatic heterocycles. The fourth-order valence-corrected chi connectivity index (χ4v) is 1.53. The molecular weight excluding hydrogens is 238 g/mol. The highest BCUT2D eigenvalue weighted by Crippen LogP contribution is 2.29. The molecule has 0 bridgehead atoms. The van der Waals surface area contributed by atoms with Gasteiger partial charge in [-0.25, -0.2) is 0 Å². The van der Waals surface area contributed by atoms with Crippen molar-refractivity contribution in [1.82, 2.24) is 0 Å². The average Bonchev–Trinajstić information content (AvgIpc) is 2.28. The van der Waals surface area contributed by atoms with Crippen LogP contribution in [0.3, 0.4) is 0 Å². The second kappa shape index (κ2) is 5.85. The van der Waals surface area contributed by atoms with Crippen molar-refractivity contribution in [2.75, 3.05) is 12.4 Å². The number of nitrogens with one attached hydrogen (secondary N) is 1. The van der Waals surface area contributed by atoms with Gasteiger partial charge in [0.15, 0.2) is 0 Å². The van der Waals surface area contributed by atoms with Crippen molar-refractivity contribution in [2.45, 2.75) is 19.4 Å². The third-order valence-electron chi connectivity index (χ3n) is 2.31. The highest BCUT2D eigenvalue weighted by atomic mass is 16.6. The first kappa shape index (κ1) is 13.8. The number of methoxy groups -OCH3 is 1. The van der Waals surface area contributed by atoms with E-state index in [1.165, 1.54) is 19.2 Å². The molecule has 98 valence electrons. The molecule has 7 heteroatoms. The lowest BCUT2D eigenvalue weighted by Gasteiger charge is -2.14. The van der Waals surface area contributed by atoms with Crippen LogP contribution in [0.2, 0.25) is 0 Å². The van der Waals surface area contributed by atoms with Gasteiger partial charge in [0.25, 0.3) is 5.69 Å². The molecule has 0 fully saturated rings. The van der Waals surface area contributed by atoms with Gasteiger partial charge in [-0.3, -0.25) is 14.9 Å². The lowest BCUT2D eigenvalue weighted by molar-refractivity contribution is -0.384. The highest BCUT2D eigenvalue weighted by molar-refractivity contribution is 5.75. The van der Waals surface area contributed by atoms with Crippen LogP contribution in [0.5, 0.6) is 5.75 Å². The van der Waals surface area contributed by atoms with Crippen molar-refractivity contribution in [3.05, 3.63) is 28.3 Å². The predicted molar refractivity (Wildman–Crippen MR) is 66.5 cm³/mol. The predicted octanol–water partition coefficient (Wildman–Crippen LogP) is 1.28. The second-order valence-corrected chi connectivity index (χ2v) is 3.86. The van der Waals surface area contributed by atoms with E-state index >= 15 is 0 Å². The first-order valence-corrected chi connectivity index (χ1v) is 5.31. The Bertz CT molecular complexity index is 462. The van der Waals surface area contributed by atoms with E-state index in [4.69, 9.17) is 10.5 Å². The second-order valence-electron chi connectivity index (χ2n) is 3.86. The molecule has 0 aliphatic rings. The van der Waals surface area contributed by atoms with Gasteiger partial charge in [-0.05, 0) is 19.1 Å². The zero-order valence-corrected chi connectivity index (χ0v) is 10.2. The van der Waals surface area contributed by atoms with Crippen LogP contribution in [-0.2, 0) is 4.79 Å². The minimum atomic E-state index is -0.512. The molecule has 0 saturated carbocycles. The summed E-state index contributed by atoms with van der Waals surface area (Å²) in [7, 11) is 1.43. The van der Waals surface area contributed by atoms with E-state index in [1.54, 1.807) is 13.0 Å². The van der Waals surface area contributed by atoms with Gasteiger partial charge in [0.2, 0.25) is 5.91 Å². The van der Waals surface area contributed by atoms with E-state index in [1.807, 2.05) is 0 Å². The molecule has 1 amide bonds. The third kappa shape index (κ3) is 3.62. The molecule has 1 rings (SSSR count). The van der Waals surface area contributed by atoms with Crippen molar-refractivity contribution in [1.29, 1.82) is 0 Å². The van der Waals surface area contributed by atoms with Gasteiger partial charge >= 0.3 is 0 Å². The van der Waals surface area contributed by atoms with E-state index in [-0.39, 0.29) is 18.2 Å². The number of rotatable bonds is 6. The summed E-state index contributed by atoms with van der Waals surface area (Å²) in [5.41, 5.74) is 5.28. The summed E-state index contributed by atoms with van der Waals surface area (Å²) >= 11 is 0. The molecule has 0 saturated heterocycles. The number of amides is 1. The molecule has 3 N–H and O–H groups in total. The van der Waals surface area contributed by atoms with Crippen molar-refractivity contribution >= 4 is 17.3 Å². The van der Waals surface area contributed by atoms with Crippen molar-refractivity contribution in [3.63, 3.8) is 0 Å². The standard InChI is InChI=1S/C11H15N3O4/c1-7(5-11(12)15)13-9-4-3-8(18-2)6-10(9)14(16)17/h3-4,6-7,13H,5H2,1-2H3,(H2,12,15). The number of carbonyl (C=O) groups excluding carboxylic acids is 1. The molecule has 1 atom stereocenters. The Morgan fingerprint density at radius 3 is 2.78 bits per heavy atom. The van der Waals surface area contributed by atoms with Crippen LogP contribution < -0.4 is 15.8 Å². The first-order chi connectivity index (χ1) is 8.43. The molecule has 7 nitrogen and oxygen atoms in total. The van der Waals surface area contributed by atoms with Crippen LogP contribution >= 0.6 is 0 Å². The molecule has 0 heterocycles. The number of primary amides is 1. The van der Waals surface area contributed by atoms with E-state index in [0.717, 1.165) is 0 Å². The molecule has 1 aromatic rings. The monoisotopic (exact) mass is 253 g/mol. The lowest BCUT2D eigenvalue weighted by Crippen LogP contribution is -2.24. The largest absolute Gasteiger partial charge is 0.496 e. The Kier molecular flexibility index (Phi) is 4.47. The van der Waals surface area contributed by atoms with Gasteiger partial charge < -0.3 is 15.8 Å². The maximum Gasteiger partial charge on any atom is 0.296 e. The van der Waals surface area contributed by atoms with Crippen molar-refractivity contribution < 1.29 is 14.5 Å². The fourth-order valence-electron chi connectivity index (χ4n) is 1.53. The molecular formula is C11H15N3O4. The SMILES string of the molecule is COc1ccc(NC(C)CC(N)=O)c([N+](=O)[O-])c1. The number of nitrogens with zero attached hydrogens (tertiary/aromatic N) is 1. The minimum Gasteiger partial charge on any atom is -0.496 e. The van der Waals surface area contributed by atoms with Gasteiger partial charge in [-0.15, -0.1) is 0 Å². The minimum absolute atomic E-state index is 0.100. The number of nitrogens with two attached hydrogens (primary N) is 1. The molecule has 1 aromatic carbocycles. The molecule has 0 aliphatic carbocycles. The van der Waals surface area contributed by atoms with Crippen LogP contribution in [0.15, 0.2) is 18.2 Å². The summed E-state index contributed by atoms with van der Waals surface area (Å²) in [5.74, 6) is -0.0685. The third-order valence-corrected chi connectivity index (χ3v) is 2.31. The molecule has 0 spiro atoms. The lowest BCUT2D eigenvalue weighted by atomic mass is 10.2. The number of nitro groups is 1. The average molecular weight is 253 g/mol. The maximum atomic E-state index is 10.9. The van der Waals surface area contributed by atoms with Gasteiger partial charge in [0.1, 0.15) is 11.4 Å². The van der Waals surface area contributed by atoms with Gasteiger partial charge in [-0.2, -0.15) is 0 Å². The number of benzene rings is 1. The Morgan fingerprint density at radius 1 is 1.61 bits per heavy atom. The highest BCUT2D eigenvalue weighted by Gasteiger charge is 2.17. The number of nitro benzene ring substituents is 1. The van der Waals surface area contributed by atoms with Crippen molar-refractivity contribution in [2.24, 2.45) is 5.73 Å². The van der Waals surface area contributed by atoms with Gasteiger partial charge in [-0.1, -0.05) is 0 Å². The summed E-state index contributed by atoms with van der Waals surface area (Å²) in [6.07, 6.45) is 0.100. The normalized spacial score (nSPS) is 11.7. The summed E-state index contributed by atoms with van der Waals surface area (Å²) in [4.78, 5) is 21.1. The molecule has 1 unspecified atom stereocenters. The summed E-state index contributed by atoms with van der Waals surface area (Å²) in [6.45, 7) is 1.72. The van der Waals surface area contributed by atoms with Gasteiger partial charge in [0.05, 0.1) is 18.1 Å². The van der Waals surface area contributed by atoms with E-state index in [2.05, 4.69) is 5.32 Å². The number of hydrogen-bond donors (Lipinski definition) is 2. The fraction of sp³-hybridized carbons (Fsp3) is 0.364. The maximum absolute atomic E-state index is 10.9. The Labute approximate surface area is 104 Å². The van der Waals surface area contributed by atoms with Crippen LogP contribution in [-0.4, -0.2) is 24.0 Å².